The van der Waals surface area contributed by atoms with Gasteiger partial charge in [0.1, 0.15) is 12.2 Å². The maximum absolute atomic E-state index is 12.8. The summed E-state index contributed by atoms with van der Waals surface area (Å²) in [6.07, 6.45) is 1.21. The molecular formula is C21H33N3O6. The van der Waals surface area contributed by atoms with E-state index in [1.807, 2.05) is 6.92 Å². The molecule has 1 saturated heterocycles. The van der Waals surface area contributed by atoms with Gasteiger partial charge in [-0.15, -0.1) is 0 Å². The number of nitro benzene ring substituents is 1. The third kappa shape index (κ3) is 6.56. The van der Waals surface area contributed by atoms with Crippen molar-refractivity contribution in [2.24, 2.45) is 11.8 Å². The molecule has 3 unspecified atom stereocenters. The molecule has 1 heterocycles. The summed E-state index contributed by atoms with van der Waals surface area (Å²) < 4.78 is 15.7. The lowest BCUT2D eigenvalue weighted by Crippen LogP contribution is -2.47. The number of nitrogens with zero attached hydrogens (tertiary/aromatic N) is 2. The molecule has 1 amide bonds. The summed E-state index contributed by atoms with van der Waals surface area (Å²) >= 11 is 0. The number of likely N-dealkylation sites (tertiary alicyclic amines) is 1. The van der Waals surface area contributed by atoms with E-state index >= 15 is 0 Å². The standard InChI is InChI=1S/C21H33N3O6/c1-14-8-15(2)12-23(11-14)13-16(3)22-21(25)17-9-19(29-5)20(30-7-6-28-4)10-18(17)24(26)27/h9-10,14-16H,6-8,11-13H2,1-5H3,(H,22,25). The van der Waals surface area contributed by atoms with Crippen LogP contribution in [0.5, 0.6) is 11.5 Å². The minimum atomic E-state index is -0.587. The van der Waals surface area contributed by atoms with E-state index in [1.165, 1.54) is 32.8 Å². The zero-order valence-corrected chi connectivity index (χ0v) is 18.5. The zero-order valence-electron chi connectivity index (χ0n) is 18.5. The molecule has 0 bridgehead atoms. The van der Waals surface area contributed by atoms with Crippen LogP contribution in [0.3, 0.4) is 0 Å². The van der Waals surface area contributed by atoms with E-state index < -0.39 is 10.8 Å². The Morgan fingerprint density at radius 3 is 2.47 bits per heavy atom. The summed E-state index contributed by atoms with van der Waals surface area (Å²) in [5, 5.41) is 14.5. The summed E-state index contributed by atoms with van der Waals surface area (Å²) in [5.41, 5.74) is -0.378. The number of hydrogen-bond donors (Lipinski definition) is 1. The Labute approximate surface area is 177 Å². The molecular weight excluding hydrogens is 390 g/mol. The fourth-order valence-electron chi connectivity index (χ4n) is 4.07. The number of carbonyl (C=O) groups is 1. The zero-order chi connectivity index (χ0) is 22.3. The molecule has 0 spiro atoms. The van der Waals surface area contributed by atoms with Crippen molar-refractivity contribution in [3.8, 4) is 11.5 Å². The number of nitro groups is 1. The largest absolute Gasteiger partial charge is 0.493 e. The number of rotatable bonds is 10. The van der Waals surface area contributed by atoms with Crippen molar-refractivity contribution in [2.75, 3.05) is 47.1 Å². The highest BCUT2D eigenvalue weighted by atomic mass is 16.6. The highest BCUT2D eigenvalue weighted by Crippen LogP contribution is 2.35. The third-order valence-electron chi connectivity index (χ3n) is 5.12. The van der Waals surface area contributed by atoms with Crippen LogP contribution in [0.15, 0.2) is 12.1 Å². The molecule has 0 aromatic heterocycles. The Morgan fingerprint density at radius 1 is 1.23 bits per heavy atom. The topological polar surface area (TPSA) is 103 Å². The lowest BCUT2D eigenvalue weighted by atomic mass is 9.92. The van der Waals surface area contributed by atoms with Crippen LogP contribution in [-0.4, -0.2) is 68.8 Å². The first-order valence-corrected chi connectivity index (χ1v) is 10.3. The summed E-state index contributed by atoms with van der Waals surface area (Å²) in [6.45, 7) is 9.59. The molecule has 168 valence electrons. The Balaban J connectivity index is 2.13. The van der Waals surface area contributed by atoms with Crippen LogP contribution in [0.2, 0.25) is 0 Å². The predicted octanol–water partition coefficient (Wildman–Crippen LogP) is 2.72. The maximum Gasteiger partial charge on any atom is 0.286 e. The van der Waals surface area contributed by atoms with Gasteiger partial charge >= 0.3 is 0 Å². The smallest absolute Gasteiger partial charge is 0.286 e. The molecule has 1 N–H and O–H groups in total. The molecule has 0 aliphatic carbocycles. The van der Waals surface area contributed by atoms with Crippen LogP contribution in [0, 0.1) is 22.0 Å². The van der Waals surface area contributed by atoms with Crippen molar-refractivity contribution < 1.29 is 23.9 Å². The Morgan fingerprint density at radius 2 is 1.90 bits per heavy atom. The van der Waals surface area contributed by atoms with Crippen molar-refractivity contribution >= 4 is 11.6 Å². The average Bonchev–Trinajstić information content (AvgIpc) is 2.66. The molecule has 1 aliphatic rings. The molecule has 1 fully saturated rings. The molecule has 9 nitrogen and oxygen atoms in total. The first-order valence-electron chi connectivity index (χ1n) is 10.3. The average molecular weight is 424 g/mol. The predicted molar refractivity (Wildman–Crippen MR) is 113 cm³/mol. The van der Waals surface area contributed by atoms with Gasteiger partial charge in [0.25, 0.3) is 11.6 Å². The van der Waals surface area contributed by atoms with Gasteiger partial charge in [-0.3, -0.25) is 14.9 Å². The van der Waals surface area contributed by atoms with Crippen molar-refractivity contribution in [1.82, 2.24) is 10.2 Å². The summed E-state index contributed by atoms with van der Waals surface area (Å²) in [4.78, 5) is 26.2. The molecule has 1 aliphatic heterocycles. The van der Waals surface area contributed by atoms with Crippen molar-refractivity contribution in [3.63, 3.8) is 0 Å². The molecule has 1 aromatic carbocycles. The summed E-state index contributed by atoms with van der Waals surface area (Å²) in [6, 6.07) is 2.42. The molecule has 0 radical (unpaired) electrons. The van der Waals surface area contributed by atoms with Gasteiger partial charge in [0.05, 0.1) is 24.7 Å². The van der Waals surface area contributed by atoms with E-state index in [2.05, 4.69) is 24.1 Å². The van der Waals surface area contributed by atoms with E-state index in [1.54, 1.807) is 0 Å². The first kappa shape index (κ1) is 23.9. The van der Waals surface area contributed by atoms with Gasteiger partial charge in [0.2, 0.25) is 0 Å². The number of benzene rings is 1. The second-order valence-electron chi connectivity index (χ2n) is 8.16. The van der Waals surface area contributed by atoms with Crippen LogP contribution in [0.4, 0.5) is 5.69 Å². The van der Waals surface area contributed by atoms with Gasteiger partial charge < -0.3 is 24.4 Å². The first-order chi connectivity index (χ1) is 14.2. The SMILES string of the molecule is COCCOc1cc([N+](=O)[O-])c(C(=O)NC(C)CN2CC(C)CC(C)C2)cc1OC. The van der Waals surface area contributed by atoms with Crippen LogP contribution in [0.25, 0.3) is 0 Å². The monoisotopic (exact) mass is 423 g/mol. The molecule has 2 rings (SSSR count). The van der Waals surface area contributed by atoms with E-state index in [0.29, 0.717) is 25.0 Å². The second-order valence-corrected chi connectivity index (χ2v) is 8.16. The van der Waals surface area contributed by atoms with Gasteiger partial charge in [0, 0.05) is 38.9 Å². The lowest BCUT2D eigenvalue weighted by Gasteiger charge is -2.36. The van der Waals surface area contributed by atoms with Crippen molar-refractivity contribution in [3.05, 3.63) is 27.8 Å². The number of methoxy groups -OCH3 is 2. The van der Waals surface area contributed by atoms with Gasteiger partial charge in [-0.25, -0.2) is 0 Å². The Kier molecular flexibility index (Phi) is 8.86. The van der Waals surface area contributed by atoms with E-state index in [-0.39, 0.29) is 35.4 Å². The minimum absolute atomic E-state index is 0.0526. The van der Waals surface area contributed by atoms with E-state index in [4.69, 9.17) is 14.2 Å². The van der Waals surface area contributed by atoms with Gasteiger partial charge in [-0.05, 0) is 25.2 Å². The summed E-state index contributed by atoms with van der Waals surface area (Å²) in [7, 11) is 2.95. The molecule has 30 heavy (non-hydrogen) atoms. The highest BCUT2D eigenvalue weighted by Gasteiger charge is 2.27. The van der Waals surface area contributed by atoms with E-state index in [0.717, 1.165) is 13.1 Å². The van der Waals surface area contributed by atoms with Crippen LogP contribution < -0.4 is 14.8 Å². The molecule has 9 heteroatoms. The minimum Gasteiger partial charge on any atom is -0.493 e. The van der Waals surface area contributed by atoms with Gasteiger partial charge in [-0.2, -0.15) is 0 Å². The maximum atomic E-state index is 12.8. The van der Waals surface area contributed by atoms with Crippen molar-refractivity contribution in [1.29, 1.82) is 0 Å². The molecule has 1 aromatic rings. The number of nitrogens with one attached hydrogen (secondary N) is 1. The lowest BCUT2D eigenvalue weighted by molar-refractivity contribution is -0.385. The number of carbonyl (C=O) groups excluding carboxylic acids is 1. The number of amides is 1. The fourth-order valence-corrected chi connectivity index (χ4v) is 4.07. The highest BCUT2D eigenvalue weighted by molar-refractivity contribution is 5.99. The molecule has 3 atom stereocenters. The number of hydrogen-bond acceptors (Lipinski definition) is 7. The normalized spacial score (nSPS) is 20.4. The third-order valence-corrected chi connectivity index (χ3v) is 5.12. The van der Waals surface area contributed by atoms with Gasteiger partial charge in [-0.1, -0.05) is 13.8 Å². The van der Waals surface area contributed by atoms with Crippen LogP contribution >= 0.6 is 0 Å². The number of piperidine rings is 1. The van der Waals surface area contributed by atoms with Crippen LogP contribution in [0.1, 0.15) is 37.6 Å². The fraction of sp³-hybridized carbons (Fsp3) is 0.667. The molecule has 0 saturated carbocycles. The Hall–Kier alpha value is -2.39. The number of ether oxygens (including phenoxy) is 3. The van der Waals surface area contributed by atoms with E-state index in [9.17, 15) is 14.9 Å². The second kappa shape index (κ2) is 11.1. The summed E-state index contributed by atoms with van der Waals surface area (Å²) in [5.74, 6) is 1.18. The van der Waals surface area contributed by atoms with Crippen LogP contribution in [-0.2, 0) is 4.74 Å². The quantitative estimate of drug-likeness (QED) is 0.351. The van der Waals surface area contributed by atoms with Crippen molar-refractivity contribution in [2.45, 2.75) is 33.2 Å². The van der Waals surface area contributed by atoms with Gasteiger partial charge in [0.15, 0.2) is 11.5 Å². The Bertz CT molecular complexity index is 732.